The van der Waals surface area contributed by atoms with Crippen LogP contribution in [0.2, 0.25) is 0 Å². The second kappa shape index (κ2) is 10.9. The summed E-state index contributed by atoms with van der Waals surface area (Å²) >= 11 is 0. The molecule has 2 rings (SSSR count). The first-order valence-electron chi connectivity index (χ1n) is 9.48. The van der Waals surface area contributed by atoms with Gasteiger partial charge in [-0.05, 0) is 23.8 Å². The van der Waals surface area contributed by atoms with Gasteiger partial charge in [-0.25, -0.2) is 0 Å². The van der Waals surface area contributed by atoms with Crippen LogP contribution in [-0.4, -0.2) is 57.5 Å². The summed E-state index contributed by atoms with van der Waals surface area (Å²) < 4.78 is 15.7. The highest BCUT2D eigenvalue weighted by Gasteiger charge is 2.18. The minimum absolute atomic E-state index is 0.0845. The Labute approximate surface area is 181 Å². The largest absolute Gasteiger partial charge is 0.493 e. The van der Waals surface area contributed by atoms with Crippen molar-refractivity contribution < 1.29 is 28.6 Å². The Hall–Kier alpha value is -3.75. The summed E-state index contributed by atoms with van der Waals surface area (Å²) in [4.78, 5) is 38.0. The highest BCUT2D eigenvalue weighted by atomic mass is 16.5. The number of para-hydroxylation sites is 1. The van der Waals surface area contributed by atoms with Gasteiger partial charge in [-0.3, -0.25) is 14.4 Å². The first-order valence-corrected chi connectivity index (χ1v) is 9.48. The van der Waals surface area contributed by atoms with Crippen molar-refractivity contribution in [2.45, 2.75) is 13.5 Å². The smallest absolute Gasteiger partial charge is 0.251 e. The minimum Gasteiger partial charge on any atom is -0.493 e. The summed E-state index contributed by atoms with van der Waals surface area (Å²) in [7, 11) is 6.05. The van der Waals surface area contributed by atoms with Gasteiger partial charge in [0.15, 0.2) is 11.5 Å². The zero-order valence-corrected chi connectivity index (χ0v) is 18.3. The van der Waals surface area contributed by atoms with E-state index in [1.165, 1.54) is 45.3 Å². The second-order valence-electron chi connectivity index (χ2n) is 6.68. The Morgan fingerprint density at radius 3 is 2.13 bits per heavy atom. The van der Waals surface area contributed by atoms with Crippen molar-refractivity contribution in [3.8, 4) is 17.2 Å². The fourth-order valence-electron chi connectivity index (χ4n) is 2.82. The number of nitrogens with zero attached hydrogens (tertiary/aromatic N) is 1. The molecule has 0 aromatic heterocycles. The molecule has 9 nitrogen and oxygen atoms in total. The van der Waals surface area contributed by atoms with Crippen LogP contribution in [-0.2, 0) is 16.1 Å². The molecule has 31 heavy (non-hydrogen) atoms. The third kappa shape index (κ3) is 6.11. The second-order valence-corrected chi connectivity index (χ2v) is 6.68. The molecule has 0 aliphatic heterocycles. The molecule has 9 heteroatoms. The van der Waals surface area contributed by atoms with Crippen molar-refractivity contribution in [2.24, 2.45) is 0 Å². The fraction of sp³-hybridized carbons (Fsp3) is 0.318. The number of ether oxygens (including phenoxy) is 3. The van der Waals surface area contributed by atoms with Gasteiger partial charge < -0.3 is 29.7 Å². The molecule has 2 aromatic rings. The predicted octanol–water partition coefficient (Wildman–Crippen LogP) is 2.06. The molecule has 0 spiro atoms. The molecular weight excluding hydrogens is 402 g/mol. The Balaban J connectivity index is 2.06. The molecule has 0 radical (unpaired) electrons. The quantitative estimate of drug-likeness (QED) is 0.632. The van der Waals surface area contributed by atoms with Crippen LogP contribution in [0.5, 0.6) is 17.2 Å². The van der Waals surface area contributed by atoms with Crippen LogP contribution in [0.1, 0.15) is 22.8 Å². The van der Waals surface area contributed by atoms with Crippen LogP contribution >= 0.6 is 0 Å². The molecule has 2 N–H and O–H groups in total. The Kier molecular flexibility index (Phi) is 8.25. The minimum atomic E-state index is -0.473. The standard InChI is InChI=1S/C22H27N3O6/c1-14(26)25(2)13-15-8-6-7-9-17(15)24-20(27)12-23-22(28)16-10-18(29-3)21(31-5)19(11-16)30-4/h6-11H,12-13H2,1-5H3,(H,23,28)(H,24,27). The third-order valence-corrected chi connectivity index (χ3v) is 4.57. The number of anilines is 1. The van der Waals surface area contributed by atoms with Crippen LogP contribution in [0.4, 0.5) is 5.69 Å². The van der Waals surface area contributed by atoms with Gasteiger partial charge in [0.2, 0.25) is 17.6 Å². The van der Waals surface area contributed by atoms with Crippen LogP contribution < -0.4 is 24.8 Å². The molecule has 0 unspecified atom stereocenters. The van der Waals surface area contributed by atoms with Gasteiger partial charge >= 0.3 is 0 Å². The maximum atomic E-state index is 12.5. The number of carbonyl (C=O) groups excluding carboxylic acids is 3. The molecule has 0 aliphatic carbocycles. The molecule has 0 saturated carbocycles. The number of carbonyl (C=O) groups is 3. The van der Waals surface area contributed by atoms with E-state index < -0.39 is 11.8 Å². The summed E-state index contributed by atoms with van der Waals surface area (Å²) in [6, 6.07) is 10.2. The third-order valence-electron chi connectivity index (χ3n) is 4.57. The van der Waals surface area contributed by atoms with Crippen molar-refractivity contribution in [3.05, 3.63) is 47.5 Å². The van der Waals surface area contributed by atoms with Gasteiger partial charge in [-0.1, -0.05) is 18.2 Å². The first kappa shape index (κ1) is 23.5. The summed E-state index contributed by atoms with van der Waals surface area (Å²) in [5, 5.41) is 5.33. The van der Waals surface area contributed by atoms with Gasteiger partial charge in [0, 0.05) is 31.8 Å². The van der Waals surface area contributed by atoms with E-state index in [4.69, 9.17) is 14.2 Å². The van der Waals surface area contributed by atoms with E-state index in [-0.39, 0.29) is 18.0 Å². The lowest BCUT2D eigenvalue weighted by Gasteiger charge is -2.18. The maximum absolute atomic E-state index is 12.5. The van der Waals surface area contributed by atoms with Crippen molar-refractivity contribution in [1.82, 2.24) is 10.2 Å². The van der Waals surface area contributed by atoms with E-state index in [2.05, 4.69) is 10.6 Å². The Morgan fingerprint density at radius 2 is 1.58 bits per heavy atom. The first-order chi connectivity index (χ1) is 14.8. The number of methoxy groups -OCH3 is 3. The van der Waals surface area contributed by atoms with Crippen LogP contribution in [0.3, 0.4) is 0 Å². The molecule has 3 amide bonds. The van der Waals surface area contributed by atoms with E-state index in [1.807, 2.05) is 12.1 Å². The Bertz CT molecular complexity index is 935. The maximum Gasteiger partial charge on any atom is 0.251 e. The highest BCUT2D eigenvalue weighted by molar-refractivity contribution is 6.00. The lowest BCUT2D eigenvalue weighted by atomic mass is 10.1. The summed E-state index contributed by atoms with van der Waals surface area (Å²) in [5.74, 6) is 0.0721. The predicted molar refractivity (Wildman–Crippen MR) is 116 cm³/mol. The van der Waals surface area contributed by atoms with Crippen molar-refractivity contribution in [3.63, 3.8) is 0 Å². The van der Waals surface area contributed by atoms with E-state index in [0.29, 0.717) is 29.5 Å². The number of amides is 3. The molecule has 2 aromatic carbocycles. The molecule has 0 bridgehead atoms. The lowest BCUT2D eigenvalue weighted by molar-refractivity contribution is -0.128. The van der Waals surface area contributed by atoms with Gasteiger partial charge in [-0.2, -0.15) is 0 Å². The van der Waals surface area contributed by atoms with Gasteiger partial charge in [0.05, 0.1) is 27.9 Å². The average molecular weight is 429 g/mol. The topological polar surface area (TPSA) is 106 Å². The Morgan fingerprint density at radius 1 is 0.968 bits per heavy atom. The van der Waals surface area contributed by atoms with Gasteiger partial charge in [0.25, 0.3) is 5.91 Å². The number of rotatable bonds is 9. The van der Waals surface area contributed by atoms with E-state index >= 15 is 0 Å². The fourth-order valence-corrected chi connectivity index (χ4v) is 2.82. The average Bonchev–Trinajstić information content (AvgIpc) is 2.77. The zero-order chi connectivity index (χ0) is 23.0. The van der Waals surface area contributed by atoms with E-state index in [1.54, 1.807) is 19.2 Å². The van der Waals surface area contributed by atoms with Gasteiger partial charge in [0.1, 0.15) is 0 Å². The van der Waals surface area contributed by atoms with Crippen LogP contribution in [0.15, 0.2) is 36.4 Å². The molecule has 0 atom stereocenters. The van der Waals surface area contributed by atoms with Crippen LogP contribution in [0.25, 0.3) is 0 Å². The van der Waals surface area contributed by atoms with Crippen molar-refractivity contribution >= 4 is 23.4 Å². The SMILES string of the molecule is COc1cc(C(=O)NCC(=O)Nc2ccccc2CN(C)C(C)=O)cc(OC)c1OC. The van der Waals surface area contributed by atoms with E-state index in [0.717, 1.165) is 5.56 Å². The molecule has 0 aliphatic rings. The molecule has 0 heterocycles. The number of hydrogen-bond donors (Lipinski definition) is 2. The zero-order valence-electron chi connectivity index (χ0n) is 18.3. The number of nitrogens with one attached hydrogen (secondary N) is 2. The monoisotopic (exact) mass is 429 g/mol. The number of hydrogen-bond acceptors (Lipinski definition) is 6. The molecule has 0 fully saturated rings. The molecular formula is C22H27N3O6. The van der Waals surface area contributed by atoms with Crippen LogP contribution in [0, 0.1) is 0 Å². The number of benzene rings is 2. The lowest BCUT2D eigenvalue weighted by Crippen LogP contribution is -2.33. The highest BCUT2D eigenvalue weighted by Crippen LogP contribution is 2.38. The summed E-state index contributed by atoms with van der Waals surface area (Å²) in [5.41, 5.74) is 1.61. The normalized spacial score (nSPS) is 10.1. The molecule has 166 valence electrons. The van der Waals surface area contributed by atoms with Crippen molar-refractivity contribution in [2.75, 3.05) is 40.2 Å². The molecule has 0 saturated heterocycles. The van der Waals surface area contributed by atoms with Gasteiger partial charge in [-0.15, -0.1) is 0 Å². The van der Waals surface area contributed by atoms with E-state index in [9.17, 15) is 14.4 Å². The summed E-state index contributed by atoms with van der Waals surface area (Å²) in [6.45, 7) is 1.58. The summed E-state index contributed by atoms with van der Waals surface area (Å²) in [6.07, 6.45) is 0. The van der Waals surface area contributed by atoms with Crippen molar-refractivity contribution in [1.29, 1.82) is 0 Å².